The average Bonchev–Trinajstić information content (AvgIpc) is 2.95. The molecule has 0 aliphatic carbocycles. The van der Waals surface area contributed by atoms with E-state index in [9.17, 15) is 0 Å². The maximum Gasteiger partial charge on any atom is 0.158 e. The van der Waals surface area contributed by atoms with Crippen LogP contribution in [0.3, 0.4) is 0 Å². The van der Waals surface area contributed by atoms with E-state index in [0.29, 0.717) is 0 Å². The van der Waals surface area contributed by atoms with Crippen molar-refractivity contribution in [1.82, 2.24) is 19.6 Å². The van der Waals surface area contributed by atoms with Crippen molar-refractivity contribution in [3.63, 3.8) is 0 Å². The van der Waals surface area contributed by atoms with Crippen LogP contribution in [0.4, 0.5) is 5.82 Å². The van der Waals surface area contributed by atoms with E-state index in [1.54, 1.807) is 6.20 Å². The number of aryl methyl sites for hydroxylation is 1. The van der Waals surface area contributed by atoms with Crippen LogP contribution in [0, 0.1) is 6.92 Å². The number of pyridine rings is 1. The van der Waals surface area contributed by atoms with Crippen LogP contribution in [-0.2, 0) is 6.54 Å². The normalized spacial score (nSPS) is 11.2. The Morgan fingerprint density at radius 2 is 2.00 bits per heavy atom. The molecule has 0 unspecified atom stereocenters. The number of anilines is 1. The van der Waals surface area contributed by atoms with Gasteiger partial charge < -0.3 is 4.90 Å². The Morgan fingerprint density at radius 1 is 1.13 bits per heavy atom. The molecule has 3 aromatic heterocycles. The van der Waals surface area contributed by atoms with Crippen LogP contribution in [0.5, 0.6) is 0 Å². The Morgan fingerprint density at radius 3 is 2.83 bits per heavy atom. The molecular weight excluding hydrogens is 286 g/mol. The van der Waals surface area contributed by atoms with Gasteiger partial charge in [0.1, 0.15) is 5.82 Å². The minimum Gasteiger partial charge on any atom is -0.355 e. The Bertz CT molecular complexity index is 975. The molecule has 5 nitrogen and oxygen atoms in total. The maximum atomic E-state index is 4.83. The summed E-state index contributed by atoms with van der Waals surface area (Å²) in [6.45, 7) is 2.75. The number of aromatic nitrogens is 4. The molecule has 0 aliphatic heterocycles. The first-order chi connectivity index (χ1) is 11.2. The lowest BCUT2D eigenvalue weighted by atomic mass is 10.2. The highest BCUT2D eigenvalue weighted by Gasteiger charge is 2.13. The predicted molar refractivity (Wildman–Crippen MR) is 91.6 cm³/mol. The Kier molecular flexibility index (Phi) is 3.19. The van der Waals surface area contributed by atoms with Crippen molar-refractivity contribution in [2.24, 2.45) is 0 Å². The molecule has 114 valence electrons. The smallest absolute Gasteiger partial charge is 0.158 e. The number of fused-ring (bicyclic) bond motifs is 3. The van der Waals surface area contributed by atoms with Crippen molar-refractivity contribution < 1.29 is 0 Å². The van der Waals surface area contributed by atoms with Gasteiger partial charge in [-0.1, -0.05) is 18.2 Å². The number of hydrogen-bond acceptors (Lipinski definition) is 4. The quantitative estimate of drug-likeness (QED) is 0.583. The van der Waals surface area contributed by atoms with Gasteiger partial charge in [0.2, 0.25) is 0 Å². The van der Waals surface area contributed by atoms with Crippen molar-refractivity contribution in [2.45, 2.75) is 13.5 Å². The second-order valence-electron chi connectivity index (χ2n) is 5.73. The summed E-state index contributed by atoms with van der Waals surface area (Å²) >= 11 is 0. The summed E-state index contributed by atoms with van der Waals surface area (Å²) in [5.41, 5.74) is 4.06. The Labute approximate surface area is 134 Å². The molecule has 23 heavy (non-hydrogen) atoms. The summed E-state index contributed by atoms with van der Waals surface area (Å²) < 4.78 is 1.91. The van der Waals surface area contributed by atoms with E-state index in [-0.39, 0.29) is 0 Å². The number of benzene rings is 1. The Balaban J connectivity index is 1.87. The summed E-state index contributed by atoms with van der Waals surface area (Å²) in [7, 11) is 2.06. The molecule has 0 spiro atoms. The van der Waals surface area contributed by atoms with E-state index in [1.807, 2.05) is 41.9 Å². The molecule has 3 heterocycles. The van der Waals surface area contributed by atoms with Gasteiger partial charge in [0.05, 0.1) is 11.2 Å². The molecule has 0 saturated heterocycles. The molecule has 1 aromatic carbocycles. The van der Waals surface area contributed by atoms with E-state index in [2.05, 4.69) is 40.2 Å². The van der Waals surface area contributed by atoms with Gasteiger partial charge in [0, 0.05) is 37.4 Å². The number of para-hydroxylation sites is 1. The highest BCUT2D eigenvalue weighted by Crippen LogP contribution is 2.26. The first kappa shape index (κ1) is 13.7. The van der Waals surface area contributed by atoms with Gasteiger partial charge in [-0.15, -0.1) is 0 Å². The third kappa shape index (κ3) is 2.40. The minimum atomic E-state index is 0.758. The summed E-state index contributed by atoms with van der Waals surface area (Å²) in [5, 5.41) is 5.64. The van der Waals surface area contributed by atoms with Gasteiger partial charge in [-0.3, -0.25) is 4.98 Å². The fourth-order valence-corrected chi connectivity index (χ4v) is 2.89. The zero-order chi connectivity index (χ0) is 15.8. The predicted octanol–water partition coefficient (Wildman–Crippen LogP) is 3.22. The van der Waals surface area contributed by atoms with Crippen molar-refractivity contribution in [3.05, 3.63) is 66.1 Å². The number of nitrogens with zero attached hydrogens (tertiary/aromatic N) is 5. The topological polar surface area (TPSA) is 46.3 Å². The standard InChI is InChI=1S/C18H17N5/c1-13-10-17-20-18(22(2)12-14-6-5-9-19-11-14)15-7-3-4-8-16(15)23(17)21-13/h3-11H,12H2,1-2H3. The van der Waals surface area contributed by atoms with Crippen molar-refractivity contribution in [1.29, 1.82) is 0 Å². The van der Waals surface area contributed by atoms with Crippen LogP contribution in [0.1, 0.15) is 11.3 Å². The number of hydrogen-bond donors (Lipinski definition) is 0. The second kappa shape index (κ2) is 5.35. The van der Waals surface area contributed by atoms with Crippen LogP contribution in [0.2, 0.25) is 0 Å². The molecule has 0 amide bonds. The molecule has 0 fully saturated rings. The first-order valence-corrected chi connectivity index (χ1v) is 7.57. The van der Waals surface area contributed by atoms with Crippen molar-refractivity contribution in [2.75, 3.05) is 11.9 Å². The first-order valence-electron chi connectivity index (χ1n) is 7.57. The van der Waals surface area contributed by atoms with E-state index in [0.717, 1.165) is 40.2 Å². The fourth-order valence-electron chi connectivity index (χ4n) is 2.89. The van der Waals surface area contributed by atoms with Crippen LogP contribution in [-0.4, -0.2) is 26.6 Å². The molecule has 4 aromatic rings. The van der Waals surface area contributed by atoms with Gasteiger partial charge in [0.15, 0.2) is 5.65 Å². The fraction of sp³-hybridized carbons (Fsp3) is 0.167. The molecule has 0 N–H and O–H groups in total. The van der Waals surface area contributed by atoms with E-state index >= 15 is 0 Å². The van der Waals surface area contributed by atoms with E-state index < -0.39 is 0 Å². The van der Waals surface area contributed by atoms with Gasteiger partial charge in [-0.25, -0.2) is 9.50 Å². The SMILES string of the molecule is Cc1cc2nc(N(C)Cc3cccnc3)c3ccccc3n2n1. The number of rotatable bonds is 3. The molecule has 0 bridgehead atoms. The second-order valence-corrected chi connectivity index (χ2v) is 5.73. The summed E-state index contributed by atoms with van der Waals surface area (Å²) in [6, 6.07) is 14.3. The summed E-state index contributed by atoms with van der Waals surface area (Å²) in [5.74, 6) is 0.955. The van der Waals surface area contributed by atoms with Crippen molar-refractivity contribution in [3.8, 4) is 0 Å². The molecular formula is C18H17N5. The summed E-state index contributed by atoms with van der Waals surface area (Å²) in [4.78, 5) is 11.2. The van der Waals surface area contributed by atoms with E-state index in [4.69, 9.17) is 4.98 Å². The van der Waals surface area contributed by atoms with Crippen LogP contribution < -0.4 is 4.90 Å². The highest BCUT2D eigenvalue weighted by molar-refractivity contribution is 5.91. The maximum absolute atomic E-state index is 4.83. The largest absolute Gasteiger partial charge is 0.355 e. The third-order valence-electron chi connectivity index (χ3n) is 3.91. The molecule has 0 aliphatic rings. The third-order valence-corrected chi connectivity index (χ3v) is 3.91. The molecule has 0 radical (unpaired) electrons. The lowest BCUT2D eigenvalue weighted by Crippen LogP contribution is -2.18. The molecule has 4 rings (SSSR count). The zero-order valence-corrected chi connectivity index (χ0v) is 13.1. The van der Waals surface area contributed by atoms with E-state index in [1.165, 1.54) is 0 Å². The van der Waals surface area contributed by atoms with Crippen LogP contribution >= 0.6 is 0 Å². The van der Waals surface area contributed by atoms with Gasteiger partial charge >= 0.3 is 0 Å². The molecule has 0 saturated carbocycles. The lowest BCUT2D eigenvalue weighted by molar-refractivity contribution is 0.888. The monoisotopic (exact) mass is 303 g/mol. The summed E-state index contributed by atoms with van der Waals surface area (Å²) in [6.07, 6.45) is 3.68. The zero-order valence-electron chi connectivity index (χ0n) is 13.1. The van der Waals surface area contributed by atoms with Crippen LogP contribution in [0.25, 0.3) is 16.6 Å². The Hall–Kier alpha value is -2.95. The minimum absolute atomic E-state index is 0.758. The van der Waals surface area contributed by atoms with Crippen molar-refractivity contribution >= 4 is 22.4 Å². The van der Waals surface area contributed by atoms with Gasteiger partial charge in [-0.05, 0) is 30.7 Å². The van der Waals surface area contributed by atoms with Gasteiger partial charge in [0.25, 0.3) is 0 Å². The molecule has 5 heteroatoms. The highest BCUT2D eigenvalue weighted by atomic mass is 15.3. The van der Waals surface area contributed by atoms with Gasteiger partial charge in [-0.2, -0.15) is 5.10 Å². The average molecular weight is 303 g/mol. The molecule has 0 atom stereocenters. The lowest BCUT2D eigenvalue weighted by Gasteiger charge is -2.20. The van der Waals surface area contributed by atoms with Crippen LogP contribution in [0.15, 0.2) is 54.9 Å².